The molecule has 0 saturated carbocycles. The molecule has 7 rings (SSSR count). The van der Waals surface area contributed by atoms with E-state index in [1.54, 1.807) is 0 Å². The van der Waals surface area contributed by atoms with E-state index in [0.717, 1.165) is 0 Å². The summed E-state index contributed by atoms with van der Waals surface area (Å²) in [7, 11) is 1.44. The lowest BCUT2D eigenvalue weighted by Gasteiger charge is -2.36. The number of hydrogen-bond acceptors (Lipinski definition) is 2. The second-order valence-electron chi connectivity index (χ2n) is 15.9. The quantitative estimate of drug-likeness (QED) is 0.167. The zero-order valence-electron chi connectivity index (χ0n) is 33.5. The van der Waals surface area contributed by atoms with Crippen LogP contribution in [0.5, 0.6) is 0 Å². The van der Waals surface area contributed by atoms with Gasteiger partial charge in [-0.05, 0) is 135 Å². The van der Waals surface area contributed by atoms with Crippen LogP contribution in [-0.4, -0.2) is 20.8 Å². The van der Waals surface area contributed by atoms with Crippen LogP contribution in [0.2, 0.25) is 0 Å². The van der Waals surface area contributed by atoms with Gasteiger partial charge >= 0.3 is 0 Å². The first kappa shape index (κ1) is 37.1. The predicted octanol–water partition coefficient (Wildman–Crippen LogP) is 10.7. The molecule has 0 aromatic heterocycles. The van der Waals surface area contributed by atoms with E-state index in [9.17, 15) is 0 Å². The molecule has 53 heavy (non-hydrogen) atoms. The van der Waals surface area contributed by atoms with E-state index in [1.807, 2.05) is 0 Å². The second-order valence-corrected chi connectivity index (χ2v) is 21.6. The maximum atomic E-state index is 2.56. The summed E-state index contributed by atoms with van der Waals surface area (Å²) in [4.78, 5) is 5.05. The topological polar surface area (TPSA) is 6.48 Å². The first-order valence-corrected chi connectivity index (χ1v) is 22.6. The number of benzene rings is 6. The molecule has 6 aromatic rings. The molecular formula is C49H55N2P2+. The Labute approximate surface area is 321 Å². The molecule has 0 unspecified atom stereocenters. The van der Waals surface area contributed by atoms with Crippen LogP contribution >= 0.6 is 15.2 Å². The van der Waals surface area contributed by atoms with Crippen LogP contribution in [0.1, 0.15) is 72.9 Å². The fourth-order valence-corrected chi connectivity index (χ4v) is 14.2. The summed E-state index contributed by atoms with van der Waals surface area (Å²) in [5, 5.41) is 8.34. The molecule has 1 aliphatic rings. The van der Waals surface area contributed by atoms with Crippen molar-refractivity contribution in [1.82, 2.24) is 0 Å². The number of anilines is 4. The maximum absolute atomic E-state index is 2.56. The summed E-state index contributed by atoms with van der Waals surface area (Å²) in [5.41, 5.74) is 12.9. The van der Waals surface area contributed by atoms with Crippen LogP contribution in [0.3, 0.4) is 0 Å². The Morgan fingerprint density at radius 2 is 0.811 bits per heavy atom. The molecule has 0 fully saturated rings. The molecule has 0 amide bonds. The number of aryl methyl sites for hydroxylation is 4. The van der Waals surface area contributed by atoms with Gasteiger partial charge < -0.3 is 9.80 Å². The van der Waals surface area contributed by atoms with E-state index >= 15 is 0 Å². The van der Waals surface area contributed by atoms with E-state index in [1.165, 1.54) is 88.0 Å². The fraction of sp³-hybridized carbons (Fsp3) is 0.265. The minimum Gasteiger partial charge on any atom is -0.341 e. The van der Waals surface area contributed by atoms with Crippen molar-refractivity contribution in [2.24, 2.45) is 0 Å². The Morgan fingerprint density at radius 3 is 1.21 bits per heavy atom. The number of rotatable bonds is 4. The van der Waals surface area contributed by atoms with E-state index in [0.29, 0.717) is 11.8 Å². The van der Waals surface area contributed by atoms with Gasteiger partial charge in [0.25, 0.3) is 0 Å². The van der Waals surface area contributed by atoms with Gasteiger partial charge in [0.05, 0.1) is 18.0 Å². The van der Waals surface area contributed by atoms with Crippen molar-refractivity contribution in [2.75, 3.05) is 30.6 Å². The summed E-state index contributed by atoms with van der Waals surface area (Å²) >= 11 is 0. The van der Waals surface area contributed by atoms with Gasteiger partial charge in [-0.25, -0.2) is 0 Å². The average Bonchev–Trinajstić information content (AvgIpc) is 3.14. The van der Waals surface area contributed by atoms with Crippen LogP contribution < -0.4 is 41.6 Å². The maximum Gasteiger partial charge on any atom is 0.128 e. The van der Waals surface area contributed by atoms with Gasteiger partial charge in [0.1, 0.15) is 23.2 Å². The van der Waals surface area contributed by atoms with Crippen molar-refractivity contribution in [3.05, 3.63) is 155 Å². The first-order chi connectivity index (χ1) is 25.3. The van der Waals surface area contributed by atoms with Crippen molar-refractivity contribution in [2.45, 2.75) is 67.2 Å². The van der Waals surface area contributed by atoms with Gasteiger partial charge in [-0.3, -0.25) is 0 Å². The largest absolute Gasteiger partial charge is 0.341 e. The lowest BCUT2D eigenvalue weighted by atomic mass is 10.0. The number of fused-ring (bicyclic) bond motifs is 4. The molecule has 0 spiro atoms. The molecule has 0 saturated heterocycles. The van der Waals surface area contributed by atoms with Crippen molar-refractivity contribution in [3.8, 4) is 0 Å². The lowest BCUT2D eigenvalue weighted by Crippen LogP contribution is -2.38. The minimum atomic E-state index is -2.23. The third kappa shape index (κ3) is 6.75. The molecule has 1 aliphatic heterocycles. The molecule has 0 aliphatic carbocycles. The van der Waals surface area contributed by atoms with Crippen molar-refractivity contribution in [3.63, 3.8) is 0 Å². The highest BCUT2D eigenvalue weighted by Gasteiger charge is 2.46. The van der Waals surface area contributed by atoms with Crippen LogP contribution in [-0.2, 0) is 0 Å². The van der Waals surface area contributed by atoms with Crippen LogP contribution in [0.25, 0.3) is 0 Å². The molecule has 0 N–H and O–H groups in total. The summed E-state index contributed by atoms with van der Waals surface area (Å²) in [6.07, 6.45) is 0. The number of hydrogen-bond donors (Lipinski definition) is 0. The van der Waals surface area contributed by atoms with E-state index in [2.05, 4.69) is 207 Å². The normalized spacial score (nSPS) is 17.1. The summed E-state index contributed by atoms with van der Waals surface area (Å²) in [6.45, 7) is 20.6. The monoisotopic (exact) mass is 733 g/mol. The molecule has 6 aromatic carbocycles. The van der Waals surface area contributed by atoms with Crippen LogP contribution in [0.4, 0.5) is 22.7 Å². The third-order valence-corrected chi connectivity index (χ3v) is 17.9. The molecule has 0 atom stereocenters. The lowest BCUT2D eigenvalue weighted by molar-refractivity contribution is 0.867. The molecular weight excluding hydrogens is 679 g/mol. The van der Waals surface area contributed by atoms with Gasteiger partial charge in [0.2, 0.25) is 0 Å². The Bertz CT molecular complexity index is 2180. The van der Waals surface area contributed by atoms with Gasteiger partial charge in [-0.2, -0.15) is 0 Å². The molecule has 0 bridgehead atoms. The van der Waals surface area contributed by atoms with E-state index < -0.39 is 15.2 Å². The Balaban J connectivity index is 1.64. The Hall–Kier alpha value is -4.22. The fourth-order valence-electron chi connectivity index (χ4n) is 7.98. The minimum absolute atomic E-state index is 0.476. The molecule has 0 radical (unpaired) electrons. The highest BCUT2D eigenvalue weighted by molar-refractivity contribution is 7.95. The van der Waals surface area contributed by atoms with Crippen molar-refractivity contribution < 1.29 is 0 Å². The molecule has 1 heterocycles. The summed E-state index contributed by atoms with van der Waals surface area (Å²) < 4.78 is 0. The molecule has 4 heteroatoms. The predicted molar refractivity (Wildman–Crippen MR) is 239 cm³/mol. The second kappa shape index (κ2) is 14.5. The standard InChI is InChI=1S/C49H55N2P2/c1-32(2)38-16-20-40(21-17-38)52-46-24-12-34(5)28-42(46)50(9)44-30-36(7)14-26-48(44)53(11,41-22-18-39(19-23-41)33(3)4)49-27-15-37(8)31-45(49)51(10)43-29-35(6)13-25-47(43)52/h12-33H,1-11H3/q+1. The van der Waals surface area contributed by atoms with Crippen LogP contribution in [0, 0.1) is 27.7 Å². The zero-order chi connectivity index (χ0) is 37.8. The Morgan fingerprint density at radius 1 is 0.453 bits per heavy atom. The van der Waals surface area contributed by atoms with E-state index in [-0.39, 0.29) is 0 Å². The highest BCUT2D eigenvalue weighted by atomic mass is 31.2. The van der Waals surface area contributed by atoms with Crippen molar-refractivity contribution in [1.29, 1.82) is 0 Å². The van der Waals surface area contributed by atoms with Gasteiger partial charge in [-0.1, -0.05) is 100 Å². The molecule has 2 nitrogen and oxygen atoms in total. The zero-order valence-corrected chi connectivity index (χ0v) is 35.3. The highest BCUT2D eigenvalue weighted by Crippen LogP contribution is 2.57. The first-order valence-electron chi connectivity index (χ1n) is 19.1. The van der Waals surface area contributed by atoms with Gasteiger partial charge in [0.15, 0.2) is 0 Å². The Kier molecular flexibility index (Phi) is 10.2. The van der Waals surface area contributed by atoms with Gasteiger partial charge in [0, 0.05) is 36.1 Å². The van der Waals surface area contributed by atoms with Crippen molar-refractivity contribution >= 4 is 69.8 Å². The summed E-state index contributed by atoms with van der Waals surface area (Å²) in [5.74, 6) is 0.957. The summed E-state index contributed by atoms with van der Waals surface area (Å²) in [6, 6.07) is 47.8. The third-order valence-electron chi connectivity index (χ3n) is 11.3. The smallest absolute Gasteiger partial charge is 0.128 e. The number of nitrogens with zero attached hydrogens (tertiary/aromatic N) is 2. The van der Waals surface area contributed by atoms with Crippen LogP contribution in [0.15, 0.2) is 121 Å². The SMILES string of the molecule is Cc1ccc2c(c1)N(C)c1cc(C)ccc1[P+](C)(c1ccc(C(C)C)cc1)c1ccc(C)cc1N(C)c1cc(C)ccc1P2c1ccc(C(C)C)cc1. The molecule has 270 valence electrons. The average molecular weight is 734 g/mol. The van der Waals surface area contributed by atoms with Gasteiger partial charge in [-0.15, -0.1) is 0 Å². The van der Waals surface area contributed by atoms with E-state index in [4.69, 9.17) is 0 Å².